The van der Waals surface area contributed by atoms with Gasteiger partial charge in [0.2, 0.25) is 0 Å². The predicted octanol–water partition coefficient (Wildman–Crippen LogP) is 1.23. The maximum Gasteiger partial charge on any atom is 0.417 e. The Hall–Kier alpha value is -1.88. The van der Waals surface area contributed by atoms with Gasteiger partial charge in [-0.3, -0.25) is 0 Å². The van der Waals surface area contributed by atoms with Crippen molar-refractivity contribution in [3.8, 4) is 0 Å². The summed E-state index contributed by atoms with van der Waals surface area (Å²) in [5.74, 6) is -2.46. The van der Waals surface area contributed by atoms with Crippen molar-refractivity contribution >= 4 is 33.2 Å². The third-order valence-electron chi connectivity index (χ3n) is 2.02. The number of amidine groups is 1. The topological polar surface area (TPSA) is 112 Å². The van der Waals surface area contributed by atoms with Crippen LogP contribution in [0.3, 0.4) is 0 Å². The standard InChI is InChI=1S/C10H9ClF3N3O4S/c1-22(19,20)4-7(15)17-21-9(18)8-6(11)2-5(3-16-8)10(12,13)14/h2-3H,4H2,1H3,(H2,15,17). The Morgan fingerprint density at radius 3 is 2.55 bits per heavy atom. The van der Waals surface area contributed by atoms with Gasteiger partial charge in [0.15, 0.2) is 21.4 Å². The molecule has 0 bridgehead atoms. The van der Waals surface area contributed by atoms with Gasteiger partial charge >= 0.3 is 12.1 Å². The fraction of sp³-hybridized carbons (Fsp3) is 0.300. The maximum atomic E-state index is 12.4. The van der Waals surface area contributed by atoms with E-state index in [2.05, 4.69) is 15.0 Å². The van der Waals surface area contributed by atoms with Crippen LogP contribution < -0.4 is 5.73 Å². The molecule has 0 aliphatic carbocycles. The fourth-order valence-electron chi connectivity index (χ4n) is 1.18. The lowest BCUT2D eigenvalue weighted by Gasteiger charge is -2.07. The Bertz CT molecular complexity index is 719. The number of carbonyl (C=O) groups is 1. The minimum Gasteiger partial charge on any atom is -0.384 e. The van der Waals surface area contributed by atoms with E-state index in [1.807, 2.05) is 0 Å². The third kappa shape index (κ3) is 5.48. The number of sulfone groups is 1. The lowest BCUT2D eigenvalue weighted by molar-refractivity contribution is -0.137. The largest absolute Gasteiger partial charge is 0.417 e. The number of alkyl halides is 3. The fourth-order valence-corrected chi connectivity index (χ4v) is 2.01. The second-order valence-electron chi connectivity index (χ2n) is 4.08. The van der Waals surface area contributed by atoms with Crippen molar-refractivity contribution in [3.63, 3.8) is 0 Å². The van der Waals surface area contributed by atoms with Gasteiger partial charge in [0.05, 0.1) is 10.6 Å². The zero-order valence-electron chi connectivity index (χ0n) is 10.9. The molecule has 1 aromatic heterocycles. The molecular weight excluding hydrogens is 351 g/mol. The minimum absolute atomic E-state index is 0.395. The number of rotatable bonds is 4. The van der Waals surface area contributed by atoms with E-state index >= 15 is 0 Å². The van der Waals surface area contributed by atoms with Crippen LogP contribution in [0.15, 0.2) is 17.4 Å². The quantitative estimate of drug-likeness (QED) is 0.374. The molecule has 0 aliphatic rings. The van der Waals surface area contributed by atoms with Crippen LogP contribution in [0.5, 0.6) is 0 Å². The van der Waals surface area contributed by atoms with E-state index in [0.717, 1.165) is 6.26 Å². The molecule has 0 radical (unpaired) electrons. The summed E-state index contributed by atoms with van der Waals surface area (Å²) in [5.41, 5.74) is 3.43. The molecule has 0 aromatic carbocycles. The van der Waals surface area contributed by atoms with Gasteiger partial charge < -0.3 is 10.6 Å². The molecule has 0 atom stereocenters. The summed E-state index contributed by atoms with van der Waals surface area (Å²) in [7, 11) is -3.48. The highest BCUT2D eigenvalue weighted by atomic mass is 35.5. The van der Waals surface area contributed by atoms with Gasteiger partial charge in [0.25, 0.3) is 0 Å². The number of aromatic nitrogens is 1. The SMILES string of the molecule is CS(=O)(=O)C/C(N)=N/OC(=O)c1ncc(C(F)(F)F)cc1Cl. The lowest BCUT2D eigenvalue weighted by Crippen LogP contribution is -2.23. The van der Waals surface area contributed by atoms with Crippen LogP contribution in [0.4, 0.5) is 13.2 Å². The van der Waals surface area contributed by atoms with Gasteiger partial charge in [-0.05, 0) is 6.07 Å². The van der Waals surface area contributed by atoms with Crippen LogP contribution in [0.25, 0.3) is 0 Å². The molecule has 0 fully saturated rings. The lowest BCUT2D eigenvalue weighted by atomic mass is 10.2. The highest BCUT2D eigenvalue weighted by Gasteiger charge is 2.32. The molecule has 1 heterocycles. The summed E-state index contributed by atoms with van der Waals surface area (Å²) in [5, 5.41) is 2.44. The van der Waals surface area contributed by atoms with Gasteiger partial charge in [-0.2, -0.15) is 13.2 Å². The molecule has 122 valence electrons. The van der Waals surface area contributed by atoms with Crippen molar-refractivity contribution in [1.29, 1.82) is 0 Å². The van der Waals surface area contributed by atoms with Crippen LogP contribution in [0.2, 0.25) is 5.02 Å². The molecule has 1 aromatic rings. The smallest absolute Gasteiger partial charge is 0.384 e. The van der Waals surface area contributed by atoms with Crippen LogP contribution >= 0.6 is 11.6 Å². The Labute approximate surface area is 127 Å². The highest BCUT2D eigenvalue weighted by Crippen LogP contribution is 2.31. The first-order valence-electron chi connectivity index (χ1n) is 5.34. The van der Waals surface area contributed by atoms with Crippen molar-refractivity contribution in [2.45, 2.75) is 6.18 Å². The summed E-state index contributed by atoms with van der Waals surface area (Å²) in [4.78, 5) is 19.0. The number of oxime groups is 1. The molecule has 0 spiro atoms. The first kappa shape index (κ1) is 18.2. The second-order valence-corrected chi connectivity index (χ2v) is 6.63. The molecule has 22 heavy (non-hydrogen) atoms. The maximum absolute atomic E-state index is 12.4. The molecule has 1 rings (SSSR count). The van der Waals surface area contributed by atoms with Gasteiger partial charge in [0, 0.05) is 12.5 Å². The molecule has 12 heteroatoms. The van der Waals surface area contributed by atoms with Crippen molar-refractivity contribution in [2.75, 3.05) is 12.0 Å². The van der Waals surface area contributed by atoms with Crippen LogP contribution in [0.1, 0.15) is 16.1 Å². The average molecular weight is 360 g/mol. The molecule has 0 amide bonds. The molecule has 0 saturated carbocycles. The molecule has 7 nitrogen and oxygen atoms in total. The van der Waals surface area contributed by atoms with E-state index in [9.17, 15) is 26.4 Å². The molecular formula is C10H9ClF3N3O4S. The summed E-state index contributed by atoms with van der Waals surface area (Å²) in [6.07, 6.45) is -3.39. The normalized spacial score (nSPS) is 13.0. The monoisotopic (exact) mass is 359 g/mol. The van der Waals surface area contributed by atoms with E-state index in [1.54, 1.807) is 0 Å². The van der Waals surface area contributed by atoms with Crippen molar-refractivity contribution in [1.82, 2.24) is 4.98 Å². The van der Waals surface area contributed by atoms with E-state index in [-0.39, 0.29) is 0 Å². The first-order valence-corrected chi connectivity index (χ1v) is 7.78. The number of pyridine rings is 1. The van der Waals surface area contributed by atoms with Crippen LogP contribution in [0, 0.1) is 0 Å². The van der Waals surface area contributed by atoms with Crippen molar-refractivity contribution < 1.29 is 31.2 Å². The summed E-state index contributed by atoms with van der Waals surface area (Å²) < 4.78 is 59.0. The van der Waals surface area contributed by atoms with Gasteiger partial charge in [-0.25, -0.2) is 18.2 Å². The second kappa shape index (κ2) is 6.48. The van der Waals surface area contributed by atoms with Gasteiger partial charge in [-0.15, -0.1) is 0 Å². The Balaban J connectivity index is 2.89. The van der Waals surface area contributed by atoms with Crippen LogP contribution in [-0.2, 0) is 20.9 Å². The summed E-state index contributed by atoms with van der Waals surface area (Å²) in [6, 6.07) is 0.495. The Kier molecular flexibility index (Phi) is 5.35. The molecule has 0 unspecified atom stereocenters. The Morgan fingerprint density at radius 1 is 1.50 bits per heavy atom. The number of halogens is 4. The van der Waals surface area contributed by atoms with Gasteiger partial charge in [-0.1, -0.05) is 16.8 Å². The zero-order valence-corrected chi connectivity index (χ0v) is 12.5. The number of hydrogen-bond donors (Lipinski definition) is 1. The minimum atomic E-state index is -4.67. The van der Waals surface area contributed by atoms with E-state index in [4.69, 9.17) is 17.3 Å². The number of carbonyl (C=O) groups excluding carboxylic acids is 1. The predicted molar refractivity (Wildman–Crippen MR) is 71.0 cm³/mol. The number of nitrogens with zero attached hydrogens (tertiary/aromatic N) is 2. The molecule has 2 N–H and O–H groups in total. The zero-order chi connectivity index (χ0) is 17.1. The molecule has 0 aliphatic heterocycles. The third-order valence-corrected chi connectivity index (χ3v) is 3.13. The molecule has 0 saturated heterocycles. The van der Waals surface area contributed by atoms with E-state index in [1.165, 1.54) is 0 Å². The number of nitrogens with two attached hydrogens (primary N) is 1. The highest BCUT2D eigenvalue weighted by molar-refractivity contribution is 7.91. The van der Waals surface area contributed by atoms with Crippen LogP contribution in [-0.4, -0.2) is 37.2 Å². The summed E-state index contributed by atoms with van der Waals surface area (Å²) >= 11 is 5.51. The van der Waals surface area contributed by atoms with Crippen molar-refractivity contribution in [3.05, 3.63) is 28.5 Å². The van der Waals surface area contributed by atoms with E-state index < -0.39 is 49.9 Å². The average Bonchev–Trinajstić information content (AvgIpc) is 2.32. The van der Waals surface area contributed by atoms with Crippen molar-refractivity contribution in [2.24, 2.45) is 10.9 Å². The number of hydrogen-bond acceptors (Lipinski definition) is 6. The van der Waals surface area contributed by atoms with Gasteiger partial charge in [0.1, 0.15) is 5.75 Å². The first-order chi connectivity index (χ1) is 9.90. The summed E-state index contributed by atoms with van der Waals surface area (Å²) in [6.45, 7) is 0. The van der Waals surface area contributed by atoms with E-state index in [0.29, 0.717) is 12.3 Å². The Morgan fingerprint density at radius 2 is 2.09 bits per heavy atom.